The molecule has 0 saturated heterocycles. The lowest BCUT2D eigenvalue weighted by Crippen LogP contribution is -2.10. The Kier molecular flexibility index (Phi) is 4.33. The van der Waals surface area contributed by atoms with Crippen LogP contribution in [0.4, 0.5) is 0 Å². The van der Waals surface area contributed by atoms with Crippen molar-refractivity contribution in [3.63, 3.8) is 0 Å². The van der Waals surface area contributed by atoms with Gasteiger partial charge in [0.2, 0.25) is 5.91 Å². The minimum absolute atomic E-state index is 0.266. The topological polar surface area (TPSA) is 98.1 Å². The third-order valence-electron chi connectivity index (χ3n) is 4.13. The Hall–Kier alpha value is -2.90. The van der Waals surface area contributed by atoms with Crippen molar-refractivity contribution in [3.05, 3.63) is 51.9 Å². The molecule has 0 bridgehead atoms. The van der Waals surface area contributed by atoms with Gasteiger partial charge < -0.3 is 15.5 Å². The number of halogens is 1. The molecule has 136 valence electrons. The maximum absolute atomic E-state index is 12.5. The number of carbonyl (C=O) groups excluding carboxylic acids is 2. The lowest BCUT2D eigenvalue weighted by Gasteiger charge is -2.03. The van der Waals surface area contributed by atoms with E-state index < -0.39 is 11.9 Å². The van der Waals surface area contributed by atoms with Gasteiger partial charge in [0.15, 0.2) is 0 Å². The molecule has 2 aromatic heterocycles. The Morgan fingerprint density at radius 3 is 2.85 bits per heavy atom. The lowest BCUT2D eigenvalue weighted by molar-refractivity contribution is 0.0533. The molecule has 0 radical (unpaired) electrons. The summed E-state index contributed by atoms with van der Waals surface area (Å²) in [5.41, 5.74) is 7.59. The van der Waals surface area contributed by atoms with Crippen LogP contribution in [0.25, 0.3) is 32.5 Å². The average Bonchev–Trinajstić information content (AvgIpc) is 3.22. The van der Waals surface area contributed by atoms with Gasteiger partial charge >= 0.3 is 5.97 Å². The van der Waals surface area contributed by atoms with Gasteiger partial charge in [-0.3, -0.25) is 4.79 Å². The van der Waals surface area contributed by atoms with Crippen molar-refractivity contribution in [2.75, 3.05) is 6.61 Å². The Balaban J connectivity index is 1.99. The number of H-pyrrole nitrogens is 1. The number of nitrogens with zero attached hydrogens (tertiary/aromatic N) is 1. The van der Waals surface area contributed by atoms with Crippen molar-refractivity contribution in [1.82, 2.24) is 9.97 Å². The largest absolute Gasteiger partial charge is 0.462 e. The van der Waals surface area contributed by atoms with Crippen molar-refractivity contribution < 1.29 is 14.3 Å². The van der Waals surface area contributed by atoms with Crippen LogP contribution in [0.15, 0.2) is 36.4 Å². The number of aromatic amines is 1. The van der Waals surface area contributed by atoms with E-state index in [1.54, 1.807) is 31.2 Å². The van der Waals surface area contributed by atoms with E-state index in [1.165, 1.54) is 11.3 Å². The monoisotopic (exact) mass is 399 g/mol. The molecular weight excluding hydrogens is 386 g/mol. The van der Waals surface area contributed by atoms with Crippen LogP contribution in [0.2, 0.25) is 5.02 Å². The zero-order valence-corrected chi connectivity index (χ0v) is 15.8. The minimum Gasteiger partial charge on any atom is -0.462 e. The summed E-state index contributed by atoms with van der Waals surface area (Å²) in [5.74, 6) is -0.477. The van der Waals surface area contributed by atoms with Crippen molar-refractivity contribution in [3.8, 4) is 11.4 Å². The van der Waals surface area contributed by atoms with E-state index in [-0.39, 0.29) is 6.61 Å². The number of thiophene rings is 1. The molecule has 4 rings (SSSR count). The highest BCUT2D eigenvalue weighted by Crippen LogP contribution is 2.42. The number of hydrogen-bond acceptors (Lipinski definition) is 5. The van der Waals surface area contributed by atoms with Crippen molar-refractivity contribution in [2.24, 2.45) is 5.73 Å². The minimum atomic E-state index is -0.530. The number of esters is 1. The highest BCUT2D eigenvalue weighted by atomic mass is 35.5. The van der Waals surface area contributed by atoms with Crippen LogP contribution in [-0.4, -0.2) is 28.5 Å². The molecule has 0 aliphatic heterocycles. The molecule has 0 fully saturated rings. The fourth-order valence-electron chi connectivity index (χ4n) is 2.95. The SMILES string of the molecule is CCOC(=O)c1sc2cccc(Cl)c2c1-c1nc2cc(C(N)=O)ccc2[nH]1. The number of nitrogens with two attached hydrogens (primary N) is 1. The van der Waals surface area contributed by atoms with E-state index in [4.69, 9.17) is 22.1 Å². The summed E-state index contributed by atoms with van der Waals surface area (Å²) in [6.45, 7) is 2.02. The molecule has 0 spiro atoms. The molecule has 6 nitrogen and oxygen atoms in total. The molecule has 0 saturated carbocycles. The number of benzene rings is 2. The molecule has 4 aromatic rings. The highest BCUT2D eigenvalue weighted by Gasteiger charge is 2.24. The molecule has 2 heterocycles. The molecule has 2 aromatic carbocycles. The van der Waals surface area contributed by atoms with Gasteiger partial charge in [0, 0.05) is 15.6 Å². The number of imidazole rings is 1. The summed E-state index contributed by atoms with van der Waals surface area (Å²) in [5, 5.41) is 1.26. The molecular formula is C19H14ClN3O3S. The molecule has 0 atom stereocenters. The number of amides is 1. The highest BCUT2D eigenvalue weighted by molar-refractivity contribution is 7.21. The van der Waals surface area contributed by atoms with E-state index in [0.717, 1.165) is 15.6 Å². The standard InChI is InChI=1S/C19H14ClN3O3S/c1-2-26-19(25)16-15(14-10(20)4-3-5-13(14)27-16)18-22-11-7-6-9(17(21)24)8-12(11)23-18/h3-8H,2H2,1H3,(H2,21,24)(H,22,23). The molecule has 0 aliphatic carbocycles. The smallest absolute Gasteiger partial charge is 0.349 e. The second-order valence-electron chi connectivity index (χ2n) is 5.82. The van der Waals surface area contributed by atoms with Crippen LogP contribution in [0.3, 0.4) is 0 Å². The number of hydrogen-bond donors (Lipinski definition) is 2. The van der Waals surface area contributed by atoms with Gasteiger partial charge in [-0.2, -0.15) is 0 Å². The van der Waals surface area contributed by atoms with Gasteiger partial charge in [0.25, 0.3) is 0 Å². The normalized spacial score (nSPS) is 11.2. The summed E-state index contributed by atoms with van der Waals surface area (Å²) in [6.07, 6.45) is 0. The van der Waals surface area contributed by atoms with Gasteiger partial charge in [-0.15, -0.1) is 11.3 Å². The maximum atomic E-state index is 12.5. The Morgan fingerprint density at radius 1 is 1.30 bits per heavy atom. The molecule has 0 aliphatic rings. The van der Waals surface area contributed by atoms with E-state index in [9.17, 15) is 9.59 Å². The zero-order chi connectivity index (χ0) is 19.1. The first kappa shape index (κ1) is 17.5. The fraction of sp³-hybridized carbons (Fsp3) is 0.105. The third-order valence-corrected chi connectivity index (χ3v) is 5.58. The predicted octanol–water partition coefficient (Wildman–Crippen LogP) is 4.37. The van der Waals surface area contributed by atoms with Gasteiger partial charge in [-0.1, -0.05) is 17.7 Å². The fourth-order valence-corrected chi connectivity index (χ4v) is 4.40. The summed E-state index contributed by atoms with van der Waals surface area (Å²) in [7, 11) is 0. The van der Waals surface area contributed by atoms with Gasteiger partial charge in [0.05, 0.1) is 28.2 Å². The van der Waals surface area contributed by atoms with Crippen molar-refractivity contribution in [1.29, 1.82) is 0 Å². The first-order valence-electron chi connectivity index (χ1n) is 8.17. The predicted molar refractivity (Wildman–Crippen MR) is 106 cm³/mol. The number of aromatic nitrogens is 2. The van der Waals surface area contributed by atoms with Gasteiger partial charge in [-0.25, -0.2) is 9.78 Å². The zero-order valence-electron chi connectivity index (χ0n) is 14.2. The second-order valence-corrected chi connectivity index (χ2v) is 7.28. The number of carbonyl (C=O) groups is 2. The lowest BCUT2D eigenvalue weighted by atomic mass is 10.1. The van der Waals surface area contributed by atoms with Gasteiger partial charge in [0.1, 0.15) is 10.7 Å². The molecule has 0 unspecified atom stereocenters. The quantitative estimate of drug-likeness (QED) is 0.497. The van der Waals surface area contributed by atoms with E-state index in [0.29, 0.717) is 32.4 Å². The molecule has 3 N–H and O–H groups in total. The van der Waals surface area contributed by atoms with Crippen LogP contribution >= 0.6 is 22.9 Å². The number of rotatable bonds is 4. The summed E-state index contributed by atoms with van der Waals surface area (Å²) in [6, 6.07) is 10.5. The number of primary amides is 1. The van der Waals surface area contributed by atoms with E-state index >= 15 is 0 Å². The second kappa shape index (κ2) is 6.68. The van der Waals surface area contributed by atoms with Crippen LogP contribution in [0.5, 0.6) is 0 Å². The van der Waals surface area contributed by atoms with Crippen LogP contribution < -0.4 is 5.73 Å². The molecule has 8 heteroatoms. The number of ether oxygens (including phenoxy) is 1. The Morgan fingerprint density at radius 2 is 2.11 bits per heavy atom. The van der Waals surface area contributed by atoms with Crippen molar-refractivity contribution >= 4 is 55.9 Å². The first-order chi connectivity index (χ1) is 13.0. The summed E-state index contributed by atoms with van der Waals surface area (Å²) >= 11 is 7.73. The van der Waals surface area contributed by atoms with Crippen LogP contribution in [0, 0.1) is 0 Å². The Labute approximate surface area is 162 Å². The molecule has 27 heavy (non-hydrogen) atoms. The van der Waals surface area contributed by atoms with Crippen molar-refractivity contribution in [2.45, 2.75) is 6.92 Å². The summed E-state index contributed by atoms with van der Waals surface area (Å²) < 4.78 is 6.07. The average molecular weight is 400 g/mol. The third kappa shape index (κ3) is 2.94. The first-order valence-corrected chi connectivity index (χ1v) is 9.37. The van der Waals surface area contributed by atoms with Gasteiger partial charge in [-0.05, 0) is 37.3 Å². The molecule has 1 amide bonds. The van der Waals surface area contributed by atoms with E-state index in [1.807, 2.05) is 12.1 Å². The Bertz CT molecular complexity index is 1210. The number of fused-ring (bicyclic) bond motifs is 2. The van der Waals surface area contributed by atoms with Crippen LogP contribution in [0.1, 0.15) is 27.0 Å². The maximum Gasteiger partial charge on any atom is 0.349 e. The van der Waals surface area contributed by atoms with E-state index in [2.05, 4.69) is 9.97 Å². The summed E-state index contributed by atoms with van der Waals surface area (Å²) in [4.78, 5) is 32.1. The number of nitrogens with one attached hydrogen (secondary N) is 1. The van der Waals surface area contributed by atoms with Crippen LogP contribution in [-0.2, 0) is 4.74 Å².